The number of carbonyl (C=O) groups excluding carboxylic acids is 1. The average molecular weight is 428 g/mol. The van der Waals surface area contributed by atoms with E-state index in [1.165, 1.54) is 12.1 Å². The van der Waals surface area contributed by atoms with Crippen LogP contribution in [0.3, 0.4) is 0 Å². The van der Waals surface area contributed by atoms with Crippen molar-refractivity contribution in [3.63, 3.8) is 0 Å². The van der Waals surface area contributed by atoms with Crippen molar-refractivity contribution in [2.45, 2.75) is 25.3 Å². The molecule has 154 valence electrons. The van der Waals surface area contributed by atoms with Gasteiger partial charge in [0.25, 0.3) is 5.91 Å². The van der Waals surface area contributed by atoms with Gasteiger partial charge in [-0.25, -0.2) is 9.07 Å². The Morgan fingerprint density at radius 2 is 1.93 bits per heavy atom. The zero-order valence-electron chi connectivity index (χ0n) is 16.5. The number of nitrogens with zero attached hydrogens (tertiary/aromatic N) is 2. The summed E-state index contributed by atoms with van der Waals surface area (Å²) in [5, 5.41) is 7.60. The number of fused-ring (bicyclic) bond motifs is 3. The minimum atomic E-state index is -0.511. The first-order valence-corrected chi connectivity index (χ1v) is 10.0. The Labute approximate surface area is 177 Å². The van der Waals surface area contributed by atoms with Gasteiger partial charge in [0.05, 0.1) is 30.6 Å². The molecule has 2 aromatic carbocycles. The summed E-state index contributed by atoms with van der Waals surface area (Å²) in [4.78, 5) is 12.9. The Morgan fingerprint density at radius 1 is 1.20 bits per heavy atom. The lowest BCUT2D eigenvalue weighted by molar-refractivity contribution is 0.0945. The van der Waals surface area contributed by atoms with Crippen LogP contribution in [0.25, 0.3) is 16.9 Å². The molecule has 0 aliphatic heterocycles. The maximum atomic E-state index is 13.7. The zero-order chi connectivity index (χ0) is 21.0. The van der Waals surface area contributed by atoms with Gasteiger partial charge in [-0.15, -0.1) is 0 Å². The number of hydrogen-bond acceptors (Lipinski definition) is 4. The van der Waals surface area contributed by atoms with Crippen molar-refractivity contribution in [2.75, 3.05) is 14.2 Å². The molecule has 1 N–H and O–H groups in total. The minimum absolute atomic E-state index is 0.00809. The molecule has 1 aromatic heterocycles. The molecule has 0 spiro atoms. The second kappa shape index (κ2) is 7.02. The van der Waals surface area contributed by atoms with Gasteiger partial charge in [0.1, 0.15) is 5.82 Å². The maximum absolute atomic E-state index is 13.7. The van der Waals surface area contributed by atoms with Gasteiger partial charge in [0, 0.05) is 23.6 Å². The van der Waals surface area contributed by atoms with Crippen LogP contribution in [-0.4, -0.2) is 35.9 Å². The van der Waals surface area contributed by atoms with E-state index in [9.17, 15) is 9.18 Å². The number of ether oxygens (including phenoxy) is 2. The van der Waals surface area contributed by atoms with Crippen molar-refractivity contribution in [3.8, 4) is 28.4 Å². The van der Waals surface area contributed by atoms with Crippen molar-refractivity contribution >= 4 is 17.5 Å². The van der Waals surface area contributed by atoms with Crippen LogP contribution in [-0.2, 0) is 6.42 Å². The normalized spacial score (nSPS) is 14.3. The van der Waals surface area contributed by atoms with Crippen molar-refractivity contribution in [2.24, 2.45) is 0 Å². The topological polar surface area (TPSA) is 65.4 Å². The summed E-state index contributed by atoms with van der Waals surface area (Å²) in [5.41, 5.74) is 4.43. The fraction of sp³-hybridized carbons (Fsp3) is 0.273. The number of carbonyl (C=O) groups is 1. The average Bonchev–Trinajstić information content (AvgIpc) is 3.36. The second-order valence-electron chi connectivity index (χ2n) is 7.47. The number of nitrogens with one attached hydrogen (secondary N) is 1. The molecule has 0 atom stereocenters. The minimum Gasteiger partial charge on any atom is -0.493 e. The van der Waals surface area contributed by atoms with E-state index in [2.05, 4.69) is 10.4 Å². The molecule has 30 heavy (non-hydrogen) atoms. The van der Waals surface area contributed by atoms with Gasteiger partial charge in [0.2, 0.25) is 0 Å². The Balaban J connectivity index is 1.70. The molecule has 0 saturated heterocycles. The second-order valence-corrected chi connectivity index (χ2v) is 7.88. The molecular weight excluding hydrogens is 409 g/mol. The molecule has 5 rings (SSSR count). The number of hydrogen-bond donors (Lipinski definition) is 1. The molecule has 2 aliphatic rings. The Hall–Kier alpha value is -3.06. The van der Waals surface area contributed by atoms with Crippen molar-refractivity contribution < 1.29 is 18.7 Å². The summed E-state index contributed by atoms with van der Waals surface area (Å²) in [6.45, 7) is 0. The quantitative estimate of drug-likeness (QED) is 0.519. The summed E-state index contributed by atoms with van der Waals surface area (Å²) in [7, 11) is 3.16. The van der Waals surface area contributed by atoms with Crippen molar-refractivity contribution in [1.29, 1.82) is 0 Å². The standard InChI is InChI=1S/C22H19ClFN3O3/c1-29-18-8-11-7-15-20(22(28)25-12-3-4-12)26-27(13-5-6-17(24)16(23)9-13)21(15)14(11)10-19(18)30-2/h5-6,8-10,12H,3-4,7H2,1-2H3,(H,25,28). The van der Waals surface area contributed by atoms with Crippen LogP contribution in [0.1, 0.15) is 34.5 Å². The lowest BCUT2D eigenvalue weighted by Gasteiger charge is -2.12. The highest BCUT2D eigenvalue weighted by Crippen LogP contribution is 2.45. The summed E-state index contributed by atoms with van der Waals surface area (Å²) >= 11 is 6.02. The SMILES string of the molecule is COc1cc2c(cc1OC)-c1c(c(C(=O)NC3CC3)nn1-c1ccc(F)c(Cl)c1)C2. The first-order valence-electron chi connectivity index (χ1n) is 9.63. The third-order valence-corrected chi connectivity index (χ3v) is 5.78. The lowest BCUT2D eigenvalue weighted by atomic mass is 10.1. The predicted molar refractivity (Wildman–Crippen MR) is 110 cm³/mol. The zero-order valence-corrected chi connectivity index (χ0v) is 17.2. The van der Waals surface area contributed by atoms with Gasteiger partial charge in [0.15, 0.2) is 17.2 Å². The van der Waals surface area contributed by atoms with E-state index in [-0.39, 0.29) is 17.0 Å². The first kappa shape index (κ1) is 18.9. The highest BCUT2D eigenvalue weighted by molar-refractivity contribution is 6.30. The number of benzene rings is 2. The van der Waals surface area contributed by atoms with Gasteiger partial charge in [-0.2, -0.15) is 5.10 Å². The van der Waals surface area contributed by atoms with Crippen LogP contribution < -0.4 is 14.8 Å². The third kappa shape index (κ3) is 3.01. The highest BCUT2D eigenvalue weighted by atomic mass is 35.5. The van der Waals surface area contributed by atoms with Crippen molar-refractivity contribution in [1.82, 2.24) is 15.1 Å². The predicted octanol–water partition coefficient (Wildman–Crippen LogP) is 4.15. The first-order chi connectivity index (χ1) is 14.5. The number of methoxy groups -OCH3 is 2. The van der Waals surface area contributed by atoms with E-state index < -0.39 is 5.82 Å². The molecule has 0 radical (unpaired) electrons. The van der Waals surface area contributed by atoms with Gasteiger partial charge in [-0.1, -0.05) is 11.6 Å². The molecule has 1 saturated carbocycles. The van der Waals surface area contributed by atoms with Crippen LogP contribution >= 0.6 is 11.6 Å². The molecule has 0 unspecified atom stereocenters. The molecule has 1 fully saturated rings. The monoisotopic (exact) mass is 427 g/mol. The fourth-order valence-corrected chi connectivity index (χ4v) is 4.01. The van der Waals surface area contributed by atoms with Crippen LogP contribution in [0.4, 0.5) is 4.39 Å². The van der Waals surface area contributed by atoms with Gasteiger partial charge in [-0.05, 0) is 48.7 Å². The van der Waals surface area contributed by atoms with E-state index in [0.717, 1.165) is 35.2 Å². The van der Waals surface area contributed by atoms with Gasteiger partial charge < -0.3 is 14.8 Å². The number of halogens is 2. The van der Waals surface area contributed by atoms with Crippen LogP contribution in [0, 0.1) is 5.82 Å². The Morgan fingerprint density at radius 3 is 2.60 bits per heavy atom. The van der Waals surface area contributed by atoms with E-state index in [1.807, 2.05) is 12.1 Å². The van der Waals surface area contributed by atoms with Crippen LogP contribution in [0.5, 0.6) is 11.5 Å². The molecular formula is C22H19ClFN3O3. The fourth-order valence-electron chi connectivity index (χ4n) is 3.84. The smallest absolute Gasteiger partial charge is 0.272 e. The van der Waals surface area contributed by atoms with Crippen LogP contribution in [0.2, 0.25) is 5.02 Å². The lowest BCUT2D eigenvalue weighted by Crippen LogP contribution is -2.26. The van der Waals surface area contributed by atoms with Gasteiger partial charge in [-0.3, -0.25) is 4.79 Å². The van der Waals surface area contributed by atoms with Gasteiger partial charge >= 0.3 is 0 Å². The largest absolute Gasteiger partial charge is 0.493 e. The van der Waals surface area contributed by atoms with E-state index in [4.69, 9.17) is 21.1 Å². The highest BCUT2D eigenvalue weighted by Gasteiger charge is 2.34. The molecule has 1 amide bonds. The molecule has 3 aromatic rings. The van der Waals surface area contributed by atoms with Crippen molar-refractivity contribution in [3.05, 3.63) is 58.0 Å². The third-order valence-electron chi connectivity index (χ3n) is 5.49. The van der Waals surface area contributed by atoms with Crippen LogP contribution in [0.15, 0.2) is 30.3 Å². The summed E-state index contributed by atoms with van der Waals surface area (Å²) in [5.74, 6) is 0.489. The number of amides is 1. The molecule has 0 bridgehead atoms. The molecule has 6 nitrogen and oxygen atoms in total. The van der Waals surface area contributed by atoms with E-state index >= 15 is 0 Å². The van der Waals surface area contributed by atoms with E-state index in [1.54, 1.807) is 25.0 Å². The molecule has 1 heterocycles. The summed E-state index contributed by atoms with van der Waals surface area (Å²) < 4.78 is 26.3. The molecule has 2 aliphatic carbocycles. The molecule has 8 heteroatoms. The Kier molecular flexibility index (Phi) is 4.43. The summed E-state index contributed by atoms with van der Waals surface area (Å²) in [6.07, 6.45) is 2.50. The van der Waals surface area contributed by atoms with E-state index in [0.29, 0.717) is 29.3 Å². The maximum Gasteiger partial charge on any atom is 0.272 e. The Bertz CT molecular complexity index is 1190. The summed E-state index contributed by atoms with van der Waals surface area (Å²) in [6, 6.07) is 8.40. The number of rotatable bonds is 5. The number of aromatic nitrogens is 2.